The number of hydrogen-bond donors (Lipinski definition) is 2. The second-order valence-corrected chi connectivity index (χ2v) is 8.86. The molecule has 0 spiro atoms. The van der Waals surface area contributed by atoms with Gasteiger partial charge in [-0.1, -0.05) is 0 Å². The molecule has 0 saturated carbocycles. The number of carbonyl (C=O) groups is 2. The second kappa shape index (κ2) is 8.88. The van der Waals surface area contributed by atoms with Gasteiger partial charge in [-0.25, -0.2) is 4.79 Å². The van der Waals surface area contributed by atoms with Crippen LogP contribution in [-0.2, 0) is 9.53 Å². The van der Waals surface area contributed by atoms with E-state index >= 15 is 0 Å². The molecule has 1 aliphatic heterocycles. The zero-order chi connectivity index (χ0) is 19.3. The first-order valence-corrected chi connectivity index (χ1v) is 9.38. The third kappa shape index (κ3) is 9.10. The van der Waals surface area contributed by atoms with Crippen molar-refractivity contribution < 1.29 is 19.4 Å². The van der Waals surface area contributed by atoms with Crippen LogP contribution in [0.4, 0.5) is 4.79 Å². The van der Waals surface area contributed by atoms with Crippen LogP contribution in [0.5, 0.6) is 0 Å². The zero-order valence-electron chi connectivity index (χ0n) is 16.7. The Labute approximate surface area is 152 Å². The molecule has 0 aromatic heterocycles. The zero-order valence-corrected chi connectivity index (χ0v) is 16.7. The highest BCUT2D eigenvalue weighted by molar-refractivity contribution is 5.79. The fourth-order valence-corrected chi connectivity index (χ4v) is 2.92. The predicted molar refractivity (Wildman–Crippen MR) is 98.3 cm³/mol. The molecule has 1 heterocycles. The molecule has 0 aliphatic carbocycles. The fraction of sp³-hybridized carbons (Fsp3) is 0.895. The van der Waals surface area contributed by atoms with Crippen molar-refractivity contribution in [2.75, 3.05) is 13.1 Å². The summed E-state index contributed by atoms with van der Waals surface area (Å²) in [5, 5.41) is 12.8. The third-order valence-electron chi connectivity index (χ3n) is 4.33. The van der Waals surface area contributed by atoms with E-state index in [1.807, 2.05) is 27.7 Å². The van der Waals surface area contributed by atoms with Crippen LogP contribution in [-0.4, -0.2) is 52.3 Å². The Bertz CT molecular complexity index is 443. The predicted octanol–water partition coefficient (Wildman–Crippen LogP) is 3.08. The van der Waals surface area contributed by atoms with Gasteiger partial charge in [0.25, 0.3) is 0 Å². The van der Waals surface area contributed by atoms with Crippen molar-refractivity contribution in [1.29, 1.82) is 0 Å². The highest BCUT2D eigenvalue weighted by atomic mass is 16.6. The van der Waals surface area contributed by atoms with Crippen LogP contribution in [0, 0.1) is 5.92 Å². The van der Waals surface area contributed by atoms with Gasteiger partial charge in [0.05, 0.1) is 5.60 Å². The van der Waals surface area contributed by atoms with E-state index in [2.05, 4.69) is 5.32 Å². The van der Waals surface area contributed by atoms with Gasteiger partial charge < -0.3 is 20.1 Å². The van der Waals surface area contributed by atoms with E-state index in [9.17, 15) is 14.7 Å². The molecule has 1 saturated heterocycles. The lowest BCUT2D eigenvalue weighted by atomic mass is 9.95. The Hall–Kier alpha value is -1.30. The Balaban J connectivity index is 2.32. The summed E-state index contributed by atoms with van der Waals surface area (Å²) >= 11 is 0. The van der Waals surface area contributed by atoms with E-state index in [4.69, 9.17) is 4.74 Å². The Morgan fingerprint density at radius 3 is 2.24 bits per heavy atom. The van der Waals surface area contributed by atoms with E-state index in [-0.39, 0.29) is 24.0 Å². The van der Waals surface area contributed by atoms with Crippen LogP contribution >= 0.6 is 0 Å². The first-order valence-electron chi connectivity index (χ1n) is 9.38. The number of nitrogens with one attached hydrogen (secondary N) is 1. The van der Waals surface area contributed by atoms with Crippen molar-refractivity contribution in [3.05, 3.63) is 0 Å². The Morgan fingerprint density at radius 1 is 1.20 bits per heavy atom. The van der Waals surface area contributed by atoms with Crippen LogP contribution in [0.15, 0.2) is 0 Å². The van der Waals surface area contributed by atoms with Gasteiger partial charge in [-0.3, -0.25) is 4.79 Å². The van der Waals surface area contributed by atoms with E-state index in [0.29, 0.717) is 25.9 Å². The van der Waals surface area contributed by atoms with Crippen LogP contribution in [0.25, 0.3) is 0 Å². The quantitative estimate of drug-likeness (QED) is 0.766. The molecule has 0 aromatic carbocycles. The summed E-state index contributed by atoms with van der Waals surface area (Å²) in [6.45, 7) is 12.3. The molecule has 1 fully saturated rings. The van der Waals surface area contributed by atoms with Gasteiger partial charge in [-0.15, -0.1) is 0 Å². The first-order chi connectivity index (χ1) is 11.4. The third-order valence-corrected chi connectivity index (χ3v) is 4.33. The lowest BCUT2D eigenvalue weighted by molar-refractivity contribution is -0.127. The minimum Gasteiger partial charge on any atom is -0.444 e. The highest BCUT2D eigenvalue weighted by Crippen LogP contribution is 2.20. The average Bonchev–Trinajstić information content (AvgIpc) is 2.44. The number of hydrogen-bond acceptors (Lipinski definition) is 4. The maximum atomic E-state index is 12.4. The van der Waals surface area contributed by atoms with Gasteiger partial charge in [0, 0.05) is 25.0 Å². The molecule has 0 aromatic rings. The average molecular weight is 357 g/mol. The summed E-state index contributed by atoms with van der Waals surface area (Å²) in [4.78, 5) is 26.1. The van der Waals surface area contributed by atoms with Crippen LogP contribution in [0.3, 0.4) is 0 Å². The molecule has 146 valence electrons. The van der Waals surface area contributed by atoms with Crippen LogP contribution < -0.4 is 5.32 Å². The largest absolute Gasteiger partial charge is 0.444 e. The molecule has 6 heteroatoms. The van der Waals surface area contributed by atoms with Crippen molar-refractivity contribution in [2.24, 2.45) is 5.92 Å². The topological polar surface area (TPSA) is 78.9 Å². The molecule has 25 heavy (non-hydrogen) atoms. The Kier molecular flexibility index (Phi) is 7.72. The molecular weight excluding hydrogens is 320 g/mol. The SMILES string of the molecule is C[C@@H](CCCC(C)(C)O)NC(=O)C1CCN(C(=O)OC(C)(C)C)CC1. The Morgan fingerprint density at radius 2 is 1.76 bits per heavy atom. The molecule has 2 N–H and O–H groups in total. The lowest BCUT2D eigenvalue weighted by Gasteiger charge is -2.33. The molecule has 0 radical (unpaired) electrons. The number of amides is 2. The van der Waals surface area contributed by atoms with Crippen LogP contribution in [0.1, 0.15) is 73.6 Å². The molecule has 1 atom stereocenters. The molecule has 1 aliphatic rings. The summed E-state index contributed by atoms with van der Waals surface area (Å²) in [5.74, 6) is 0.0232. The summed E-state index contributed by atoms with van der Waals surface area (Å²) in [6, 6.07) is 0.0961. The second-order valence-electron chi connectivity index (χ2n) is 8.86. The van der Waals surface area contributed by atoms with Crippen molar-refractivity contribution in [2.45, 2.75) is 90.9 Å². The molecule has 0 unspecified atom stereocenters. The molecule has 1 rings (SSSR count). The van der Waals surface area contributed by atoms with Gasteiger partial charge in [0.1, 0.15) is 5.60 Å². The first kappa shape index (κ1) is 21.7. The van der Waals surface area contributed by atoms with Crippen molar-refractivity contribution in [3.8, 4) is 0 Å². The minimum absolute atomic E-state index is 0.0459. The van der Waals surface area contributed by atoms with Gasteiger partial charge in [-0.05, 0) is 73.6 Å². The summed E-state index contributed by atoms with van der Waals surface area (Å²) < 4.78 is 5.38. The van der Waals surface area contributed by atoms with E-state index in [1.54, 1.807) is 18.7 Å². The highest BCUT2D eigenvalue weighted by Gasteiger charge is 2.30. The smallest absolute Gasteiger partial charge is 0.410 e. The standard InChI is InChI=1S/C19H36N2O4/c1-14(8-7-11-19(5,6)24)20-16(22)15-9-12-21(13-10-15)17(23)25-18(2,3)4/h14-15,24H,7-13H2,1-6H3,(H,20,22)/t14-/m0/s1. The molecule has 2 amide bonds. The van der Waals surface area contributed by atoms with Gasteiger partial charge in [-0.2, -0.15) is 0 Å². The van der Waals surface area contributed by atoms with E-state index < -0.39 is 11.2 Å². The summed E-state index contributed by atoms with van der Waals surface area (Å²) in [5.41, 5.74) is -1.15. The normalized spacial score (nSPS) is 18.0. The van der Waals surface area contributed by atoms with Crippen molar-refractivity contribution in [1.82, 2.24) is 10.2 Å². The molecule has 6 nitrogen and oxygen atoms in total. The van der Waals surface area contributed by atoms with Gasteiger partial charge >= 0.3 is 6.09 Å². The lowest BCUT2D eigenvalue weighted by Crippen LogP contribution is -2.46. The van der Waals surface area contributed by atoms with Gasteiger partial charge in [0.2, 0.25) is 5.91 Å². The van der Waals surface area contributed by atoms with E-state index in [1.165, 1.54) is 0 Å². The fourth-order valence-electron chi connectivity index (χ4n) is 2.92. The van der Waals surface area contributed by atoms with Gasteiger partial charge in [0.15, 0.2) is 0 Å². The number of rotatable bonds is 6. The number of aliphatic hydroxyl groups is 1. The number of carbonyl (C=O) groups excluding carboxylic acids is 2. The maximum absolute atomic E-state index is 12.4. The minimum atomic E-state index is -0.655. The summed E-state index contributed by atoms with van der Waals surface area (Å²) in [6.07, 6.45) is 3.49. The maximum Gasteiger partial charge on any atom is 0.410 e. The number of likely N-dealkylation sites (tertiary alicyclic amines) is 1. The number of nitrogens with zero attached hydrogens (tertiary/aromatic N) is 1. The number of piperidine rings is 1. The van der Waals surface area contributed by atoms with E-state index in [0.717, 1.165) is 19.3 Å². The van der Waals surface area contributed by atoms with Crippen molar-refractivity contribution >= 4 is 12.0 Å². The number of ether oxygens (including phenoxy) is 1. The molecule has 0 bridgehead atoms. The van der Waals surface area contributed by atoms with Crippen LogP contribution in [0.2, 0.25) is 0 Å². The van der Waals surface area contributed by atoms with Crippen molar-refractivity contribution in [3.63, 3.8) is 0 Å². The monoisotopic (exact) mass is 356 g/mol. The summed E-state index contributed by atoms with van der Waals surface area (Å²) in [7, 11) is 0. The molecular formula is C19H36N2O4.